The van der Waals surface area contributed by atoms with Crippen LogP contribution in [0.2, 0.25) is 5.02 Å². The Balaban J connectivity index is 1.38. The number of aromatic nitrogens is 1. The van der Waals surface area contributed by atoms with Crippen molar-refractivity contribution in [1.29, 1.82) is 0 Å². The Kier molecular flexibility index (Phi) is 13.7. The number of thiazole rings is 1. The monoisotopic (exact) mass is 555 g/mol. The first kappa shape index (κ1) is 30.2. The average molecular weight is 556 g/mol. The van der Waals surface area contributed by atoms with Gasteiger partial charge in [-0.2, -0.15) is 4.57 Å². The summed E-state index contributed by atoms with van der Waals surface area (Å²) in [5.41, 5.74) is 2.72. The first-order valence-electron chi connectivity index (χ1n) is 14.3. The summed E-state index contributed by atoms with van der Waals surface area (Å²) in [5, 5.41) is 6.86. The van der Waals surface area contributed by atoms with Crippen LogP contribution < -0.4 is 14.6 Å². The molecule has 0 aliphatic rings. The molecule has 0 spiro atoms. The Hall–Kier alpha value is -2.37. The van der Waals surface area contributed by atoms with Crippen molar-refractivity contribution in [2.75, 3.05) is 11.9 Å². The Morgan fingerprint density at radius 2 is 1.61 bits per heavy atom. The molecule has 0 aliphatic carbocycles. The minimum absolute atomic E-state index is 0.0739. The Morgan fingerprint density at radius 1 is 0.921 bits per heavy atom. The summed E-state index contributed by atoms with van der Waals surface area (Å²) in [5.74, 6) is 0.630. The van der Waals surface area contributed by atoms with Gasteiger partial charge in [0, 0.05) is 16.3 Å². The summed E-state index contributed by atoms with van der Waals surface area (Å²) >= 11 is 7.92. The Labute approximate surface area is 238 Å². The van der Waals surface area contributed by atoms with Gasteiger partial charge in [0.05, 0.1) is 24.0 Å². The molecule has 0 radical (unpaired) electrons. The highest BCUT2D eigenvalue weighted by Gasteiger charge is 2.14. The lowest BCUT2D eigenvalue weighted by molar-refractivity contribution is -0.655. The van der Waals surface area contributed by atoms with Crippen LogP contribution in [0.1, 0.15) is 89.5 Å². The zero-order valence-corrected chi connectivity index (χ0v) is 24.7. The van der Waals surface area contributed by atoms with Crippen molar-refractivity contribution in [2.24, 2.45) is 7.05 Å². The fourth-order valence-electron chi connectivity index (χ4n) is 4.65. The lowest BCUT2D eigenvalue weighted by Crippen LogP contribution is -2.26. The highest BCUT2D eigenvalue weighted by Crippen LogP contribution is 2.26. The molecule has 1 N–H and O–H groups in total. The van der Waals surface area contributed by atoms with Crippen molar-refractivity contribution in [2.45, 2.75) is 90.4 Å². The molecule has 0 saturated heterocycles. The van der Waals surface area contributed by atoms with Crippen molar-refractivity contribution in [3.8, 4) is 16.3 Å². The van der Waals surface area contributed by atoms with Gasteiger partial charge in [-0.25, -0.2) is 0 Å². The first-order valence-corrected chi connectivity index (χ1v) is 15.6. The van der Waals surface area contributed by atoms with Crippen LogP contribution in [0.4, 0.5) is 5.69 Å². The van der Waals surface area contributed by atoms with E-state index in [-0.39, 0.29) is 12.3 Å². The van der Waals surface area contributed by atoms with Crippen molar-refractivity contribution in [3.63, 3.8) is 0 Å². The third-order valence-corrected chi connectivity index (χ3v) is 8.05. The van der Waals surface area contributed by atoms with E-state index in [1.165, 1.54) is 70.6 Å². The highest BCUT2D eigenvalue weighted by molar-refractivity contribution is 7.12. The van der Waals surface area contributed by atoms with E-state index in [1.54, 1.807) is 11.3 Å². The molecular formula is C32H44ClN2O2S+. The molecule has 0 bridgehead atoms. The van der Waals surface area contributed by atoms with E-state index in [2.05, 4.69) is 28.3 Å². The number of hydrogen-bond acceptors (Lipinski definition) is 3. The van der Waals surface area contributed by atoms with Crippen LogP contribution in [0.25, 0.3) is 10.6 Å². The molecule has 0 unspecified atom stereocenters. The number of aryl methyl sites for hydroxylation is 1. The summed E-state index contributed by atoms with van der Waals surface area (Å²) < 4.78 is 8.16. The number of unbranched alkanes of at least 4 members (excludes halogenated alkanes) is 11. The molecule has 1 aromatic heterocycles. The second kappa shape index (κ2) is 17.3. The normalized spacial score (nSPS) is 11.0. The zero-order chi connectivity index (χ0) is 27.0. The van der Waals surface area contributed by atoms with E-state index in [9.17, 15) is 4.79 Å². The standard InChI is InChI=1S/C32H43ClN2O2S/c1-3-4-5-6-7-8-9-10-11-12-13-14-21-37-30-25-28(33)19-18-26(30)24-31(36)34-29-17-15-16-27(23-29)32-35(2)20-22-38-32/h15-20,22-23,25H,3-14,21,24H2,1-2H3/p+1. The largest absolute Gasteiger partial charge is 0.493 e. The molecule has 2 aromatic carbocycles. The fourth-order valence-corrected chi connectivity index (χ4v) is 5.68. The van der Waals surface area contributed by atoms with Crippen molar-refractivity contribution in [3.05, 3.63) is 64.6 Å². The van der Waals surface area contributed by atoms with Crippen LogP contribution in [0.5, 0.6) is 5.75 Å². The van der Waals surface area contributed by atoms with Gasteiger partial charge in [-0.3, -0.25) is 4.79 Å². The third-order valence-electron chi connectivity index (χ3n) is 6.81. The molecule has 0 aliphatic heterocycles. The van der Waals surface area contributed by atoms with Gasteiger partial charge in [0.2, 0.25) is 5.91 Å². The van der Waals surface area contributed by atoms with E-state index in [4.69, 9.17) is 16.3 Å². The predicted molar refractivity (Wildman–Crippen MR) is 161 cm³/mol. The molecule has 1 amide bonds. The summed E-state index contributed by atoms with van der Waals surface area (Å²) in [6, 6.07) is 13.5. The van der Waals surface area contributed by atoms with Crippen molar-refractivity contribution in [1.82, 2.24) is 0 Å². The molecule has 4 nitrogen and oxygen atoms in total. The SMILES string of the molecule is CCCCCCCCCCCCCCOc1cc(Cl)ccc1CC(=O)Nc1cccc(-c2scc[n+]2C)c1. The molecule has 3 aromatic rings. The van der Waals surface area contributed by atoms with E-state index in [0.717, 1.165) is 28.2 Å². The predicted octanol–water partition coefficient (Wildman–Crippen LogP) is 9.15. The van der Waals surface area contributed by atoms with E-state index < -0.39 is 0 Å². The van der Waals surface area contributed by atoms with Crippen LogP contribution in [0.15, 0.2) is 54.0 Å². The number of hydrogen-bond donors (Lipinski definition) is 1. The molecule has 38 heavy (non-hydrogen) atoms. The van der Waals surface area contributed by atoms with Crippen molar-refractivity contribution >= 4 is 34.5 Å². The number of ether oxygens (including phenoxy) is 1. The van der Waals surface area contributed by atoms with Crippen LogP contribution in [0, 0.1) is 0 Å². The maximum atomic E-state index is 12.9. The Bertz CT molecular complexity index is 1110. The minimum Gasteiger partial charge on any atom is -0.493 e. The molecule has 206 valence electrons. The van der Waals surface area contributed by atoms with Crippen molar-refractivity contribution < 1.29 is 14.1 Å². The first-order chi connectivity index (χ1) is 18.6. The van der Waals surface area contributed by atoms with Gasteiger partial charge in [0.1, 0.15) is 12.8 Å². The minimum atomic E-state index is -0.0739. The maximum absolute atomic E-state index is 12.9. The zero-order valence-electron chi connectivity index (χ0n) is 23.1. The second-order valence-corrected chi connectivity index (χ2v) is 11.4. The molecule has 1 heterocycles. The van der Waals surface area contributed by atoms with E-state index in [0.29, 0.717) is 17.4 Å². The van der Waals surface area contributed by atoms with Gasteiger partial charge in [-0.1, -0.05) is 113 Å². The number of nitrogens with one attached hydrogen (secondary N) is 1. The third kappa shape index (κ3) is 10.8. The van der Waals surface area contributed by atoms with Gasteiger partial charge >= 0.3 is 0 Å². The molecule has 0 saturated carbocycles. The van der Waals surface area contributed by atoms with E-state index >= 15 is 0 Å². The van der Waals surface area contributed by atoms with Crippen LogP contribution in [0.3, 0.4) is 0 Å². The second-order valence-electron chi connectivity index (χ2n) is 10.1. The van der Waals surface area contributed by atoms with Gasteiger partial charge in [-0.05, 0) is 36.8 Å². The smallest absolute Gasteiger partial charge is 0.268 e. The van der Waals surface area contributed by atoms with Crippen LogP contribution in [-0.2, 0) is 18.3 Å². The summed E-state index contributed by atoms with van der Waals surface area (Å²) in [7, 11) is 2.02. The topological polar surface area (TPSA) is 42.2 Å². The highest BCUT2D eigenvalue weighted by atomic mass is 35.5. The molecular weight excluding hydrogens is 512 g/mol. The summed E-state index contributed by atoms with van der Waals surface area (Å²) in [6.45, 7) is 2.92. The number of benzene rings is 2. The molecule has 0 atom stereocenters. The van der Waals surface area contributed by atoms with Crippen LogP contribution >= 0.6 is 22.9 Å². The number of carbonyl (C=O) groups is 1. The lowest BCUT2D eigenvalue weighted by Gasteiger charge is -2.13. The number of halogens is 1. The lowest BCUT2D eigenvalue weighted by atomic mass is 10.1. The van der Waals surface area contributed by atoms with Crippen LogP contribution in [-0.4, -0.2) is 12.5 Å². The molecule has 6 heteroatoms. The number of amides is 1. The van der Waals surface area contributed by atoms with Gasteiger partial charge < -0.3 is 10.1 Å². The quantitative estimate of drug-likeness (QED) is 0.125. The van der Waals surface area contributed by atoms with Gasteiger partial charge in [0.25, 0.3) is 5.01 Å². The number of carbonyl (C=O) groups excluding carboxylic acids is 1. The van der Waals surface area contributed by atoms with Gasteiger partial charge in [0.15, 0.2) is 6.20 Å². The fraction of sp³-hybridized carbons (Fsp3) is 0.500. The average Bonchev–Trinajstić information content (AvgIpc) is 3.34. The van der Waals surface area contributed by atoms with E-state index in [1.807, 2.05) is 49.6 Å². The summed E-state index contributed by atoms with van der Waals surface area (Å²) in [4.78, 5) is 12.9. The number of nitrogens with zero attached hydrogens (tertiary/aromatic N) is 1. The number of rotatable bonds is 18. The number of anilines is 1. The van der Waals surface area contributed by atoms with Gasteiger partial charge in [-0.15, -0.1) is 0 Å². The molecule has 0 fully saturated rings. The molecule has 3 rings (SSSR count). The Morgan fingerprint density at radius 3 is 2.26 bits per heavy atom. The summed E-state index contributed by atoms with van der Waals surface area (Å²) in [6.07, 6.45) is 18.0. The maximum Gasteiger partial charge on any atom is 0.268 e.